The molecule has 10 nitrogen and oxygen atoms in total. The van der Waals surface area contributed by atoms with Gasteiger partial charge in [0.2, 0.25) is 0 Å². The highest BCUT2D eigenvalue weighted by Crippen LogP contribution is 2.49. The van der Waals surface area contributed by atoms with E-state index in [4.69, 9.17) is 19.1 Å². The highest BCUT2D eigenvalue weighted by atomic mass is 32.1. The van der Waals surface area contributed by atoms with Crippen molar-refractivity contribution in [2.24, 2.45) is 0 Å². The number of nitrogens with zero attached hydrogens (tertiary/aromatic N) is 2. The smallest absolute Gasteiger partial charge is 0.285 e. The topological polar surface area (TPSA) is 112 Å². The zero-order valence-corrected chi connectivity index (χ0v) is 50.6. The van der Waals surface area contributed by atoms with Crippen molar-refractivity contribution in [1.29, 1.82) is 0 Å². The summed E-state index contributed by atoms with van der Waals surface area (Å²) in [4.78, 5) is 71.7. The number of amides is 4. The molecule has 2 aromatic heterocycles. The molecule has 0 atom stereocenters. The predicted octanol–water partition coefficient (Wildman–Crippen LogP) is 20.0. The molecule has 82 heavy (non-hydrogen) atoms. The number of hydrogen-bond acceptors (Lipinski definition) is 10. The Bertz CT molecular complexity index is 3040. The fourth-order valence-corrected chi connectivity index (χ4v) is 13.6. The molecule has 4 heterocycles. The van der Waals surface area contributed by atoms with Crippen molar-refractivity contribution < 1.29 is 38.3 Å². The van der Waals surface area contributed by atoms with Crippen LogP contribution in [0.1, 0.15) is 223 Å². The van der Waals surface area contributed by atoms with Gasteiger partial charge >= 0.3 is 0 Å². The molecule has 2 aliphatic rings. The number of rotatable bonds is 36. The van der Waals surface area contributed by atoms with Crippen molar-refractivity contribution in [3.8, 4) is 53.3 Å². The van der Waals surface area contributed by atoms with E-state index in [1.165, 1.54) is 89.9 Å². The predicted molar refractivity (Wildman–Crippen MR) is 336 cm³/mol. The summed E-state index contributed by atoms with van der Waals surface area (Å²) in [5.74, 6) is -0.171. The molecule has 434 valence electrons. The maximum Gasteiger partial charge on any atom is 0.285 e. The molecule has 0 fully saturated rings. The van der Waals surface area contributed by atoms with Crippen LogP contribution in [0.25, 0.3) is 63.3 Å². The third-order valence-electron chi connectivity index (χ3n) is 16.0. The average Bonchev–Trinajstić information content (AvgIpc) is 1.78. The number of benzene rings is 5. The lowest BCUT2D eigenvalue weighted by Gasteiger charge is -2.26. The molecule has 0 saturated carbocycles. The van der Waals surface area contributed by atoms with Gasteiger partial charge in [-0.3, -0.25) is 28.9 Å². The first kappa shape index (κ1) is 60.4. The minimum atomic E-state index is -0.429. The van der Waals surface area contributed by atoms with Gasteiger partial charge in [0, 0.05) is 41.4 Å². The largest absolute Gasteiger partial charge is 0.493 e. The summed E-state index contributed by atoms with van der Waals surface area (Å²) < 4.78 is 13.8. The number of hydroxylamine groups is 4. The first-order chi connectivity index (χ1) is 40.3. The van der Waals surface area contributed by atoms with Crippen molar-refractivity contribution in [3.05, 3.63) is 119 Å². The molecule has 9 rings (SSSR count). The zero-order chi connectivity index (χ0) is 57.2. The van der Waals surface area contributed by atoms with Crippen molar-refractivity contribution in [3.63, 3.8) is 0 Å². The Hall–Kier alpha value is -6.18. The van der Waals surface area contributed by atoms with Gasteiger partial charge in [-0.1, -0.05) is 193 Å². The van der Waals surface area contributed by atoms with Crippen molar-refractivity contribution in [2.75, 3.05) is 26.4 Å². The average molecular weight is 1150 g/mol. The molecule has 0 spiro atoms. The van der Waals surface area contributed by atoms with Crippen LogP contribution in [-0.4, -0.2) is 60.2 Å². The second-order valence-electron chi connectivity index (χ2n) is 22.2. The van der Waals surface area contributed by atoms with E-state index in [1.807, 2.05) is 48.5 Å². The maximum atomic E-state index is 14.0. The molecule has 0 saturated heterocycles. The molecule has 0 aliphatic carbocycles. The number of imide groups is 2. The number of thiophene rings is 2. The second-order valence-corrected chi connectivity index (χ2v) is 24.4. The summed E-state index contributed by atoms with van der Waals surface area (Å²) in [6.07, 6.45) is 26.6. The minimum Gasteiger partial charge on any atom is -0.493 e. The van der Waals surface area contributed by atoms with Crippen LogP contribution < -0.4 is 9.47 Å². The van der Waals surface area contributed by atoms with Crippen molar-refractivity contribution >= 4 is 67.8 Å². The first-order valence-corrected chi connectivity index (χ1v) is 32.7. The van der Waals surface area contributed by atoms with Gasteiger partial charge in [-0.2, -0.15) is 0 Å². The van der Waals surface area contributed by atoms with Gasteiger partial charge in [-0.05, 0) is 108 Å². The molecule has 12 heteroatoms. The maximum absolute atomic E-state index is 14.0. The number of unbranched alkanes of at least 4 members (excludes halogenated alkanes) is 20. The van der Waals surface area contributed by atoms with E-state index >= 15 is 0 Å². The van der Waals surface area contributed by atoms with Crippen LogP contribution >= 0.6 is 22.7 Å². The van der Waals surface area contributed by atoms with Crippen molar-refractivity contribution in [1.82, 2.24) is 10.1 Å². The van der Waals surface area contributed by atoms with Crippen LogP contribution in [0.4, 0.5) is 0 Å². The molecule has 0 radical (unpaired) electrons. The van der Waals surface area contributed by atoms with E-state index in [0.717, 1.165) is 138 Å². The molecule has 5 aromatic carbocycles. The Morgan fingerprint density at radius 3 is 0.963 bits per heavy atom. The fraction of sp³-hybridized carbons (Fsp3) is 0.457. The minimum absolute atomic E-state index is 0.312. The van der Waals surface area contributed by atoms with Gasteiger partial charge < -0.3 is 9.47 Å². The highest BCUT2D eigenvalue weighted by Gasteiger charge is 2.36. The van der Waals surface area contributed by atoms with Gasteiger partial charge in [0.25, 0.3) is 23.6 Å². The van der Waals surface area contributed by atoms with Gasteiger partial charge in [-0.25, -0.2) is 0 Å². The van der Waals surface area contributed by atoms with E-state index in [0.29, 0.717) is 59.5 Å². The third kappa shape index (κ3) is 14.2. The van der Waals surface area contributed by atoms with E-state index in [9.17, 15) is 19.2 Å². The van der Waals surface area contributed by atoms with E-state index in [1.54, 1.807) is 34.8 Å². The molecule has 0 bridgehead atoms. The van der Waals surface area contributed by atoms with Gasteiger partial charge in [0.15, 0.2) is 0 Å². The summed E-state index contributed by atoms with van der Waals surface area (Å²) in [6, 6.07) is 31.9. The lowest BCUT2D eigenvalue weighted by Crippen LogP contribution is -2.40. The lowest BCUT2D eigenvalue weighted by atomic mass is 9.91. The second kappa shape index (κ2) is 30.4. The number of carbonyl (C=O) groups excluding carboxylic acids is 4. The molecule has 4 amide bonds. The monoisotopic (exact) mass is 1140 g/mol. The summed E-state index contributed by atoms with van der Waals surface area (Å²) in [5.41, 5.74) is 5.61. The van der Waals surface area contributed by atoms with Gasteiger partial charge in [0.1, 0.15) is 11.5 Å². The Labute approximate surface area is 494 Å². The third-order valence-corrected chi connectivity index (χ3v) is 18.3. The Kier molecular flexibility index (Phi) is 22.4. The summed E-state index contributed by atoms with van der Waals surface area (Å²) in [5, 5.41) is 4.93. The normalized spacial score (nSPS) is 13.2. The Balaban J connectivity index is 1.03. The molecule has 0 unspecified atom stereocenters. The van der Waals surface area contributed by atoms with Gasteiger partial charge in [-0.15, -0.1) is 32.8 Å². The summed E-state index contributed by atoms with van der Waals surface area (Å²) in [7, 11) is 0. The highest BCUT2D eigenvalue weighted by molar-refractivity contribution is 7.19. The van der Waals surface area contributed by atoms with E-state index in [-0.39, 0.29) is 0 Å². The van der Waals surface area contributed by atoms with Crippen molar-refractivity contribution in [2.45, 2.75) is 182 Å². The fourth-order valence-electron chi connectivity index (χ4n) is 11.5. The number of carbonyl (C=O) groups is 4. The van der Waals surface area contributed by atoms with Crippen LogP contribution in [-0.2, 0) is 9.68 Å². The standard InChI is InChI=1S/C70H84N2O8S2/c1-5-9-13-17-21-25-43-77-59-47-58(64-42-40-62(82-64)50-36-38-56-66-52(50)32-30-34-54(66)68(74)72(70(56)76)80-46-28-24-20-16-12-8-4)60(78-44-26-22-18-14-10-6-2)48-57(59)63-41-39-61(81-63)49-35-37-55-65-51(49)31-29-33-53(65)67(73)71(69(55)75)79-45-27-23-19-15-11-7-3/h29-42,47-48H,5-28,43-46H2,1-4H3. The van der Waals surface area contributed by atoms with E-state index < -0.39 is 23.6 Å². The molecule has 0 N–H and O–H groups in total. The van der Waals surface area contributed by atoms with Crippen LogP contribution in [0.15, 0.2) is 97.1 Å². The molecule has 7 aromatic rings. The Morgan fingerprint density at radius 1 is 0.317 bits per heavy atom. The molecular weight excluding hydrogens is 1060 g/mol. The van der Waals surface area contributed by atoms with Crippen LogP contribution in [0, 0.1) is 0 Å². The molecule has 2 aliphatic heterocycles. The van der Waals surface area contributed by atoms with Crippen LogP contribution in [0.5, 0.6) is 11.5 Å². The van der Waals surface area contributed by atoms with Crippen LogP contribution in [0.2, 0.25) is 0 Å². The Morgan fingerprint density at radius 2 is 0.610 bits per heavy atom. The SMILES string of the molecule is CCCCCCCCOc1cc(-c2ccc(-c3ccc4c5c(cccc35)C(=O)N(OCCCCCCCC)C4=O)s2)c(OCCCCCCCC)cc1-c1ccc(-c2ccc3c4c(cccc24)C(=O)N(OCCCCCCCC)C3=O)s1. The number of hydrogen-bond donors (Lipinski definition) is 0. The first-order valence-electron chi connectivity index (χ1n) is 31.1. The van der Waals surface area contributed by atoms with Gasteiger partial charge in [0.05, 0.1) is 48.7 Å². The number of ether oxygens (including phenoxy) is 2. The quantitative estimate of drug-likeness (QED) is 0.0282. The van der Waals surface area contributed by atoms with Crippen LogP contribution in [0.3, 0.4) is 0 Å². The summed E-state index contributed by atoms with van der Waals surface area (Å²) >= 11 is 3.31. The van der Waals surface area contributed by atoms with E-state index in [2.05, 4.69) is 64.1 Å². The molecular formula is C70H84N2O8S2. The zero-order valence-electron chi connectivity index (χ0n) is 49.0. The summed E-state index contributed by atoms with van der Waals surface area (Å²) in [6.45, 7) is 10.6. The lowest BCUT2D eigenvalue weighted by molar-refractivity contribution is -0.0963.